The Hall–Kier alpha value is -1.89. The summed E-state index contributed by atoms with van der Waals surface area (Å²) in [4.78, 5) is 19.6. The Morgan fingerprint density at radius 3 is 2.35 bits per heavy atom. The van der Waals surface area contributed by atoms with E-state index in [1.807, 2.05) is 27.0 Å². The summed E-state index contributed by atoms with van der Waals surface area (Å²) in [6.45, 7) is 5.95. The van der Waals surface area contributed by atoms with Crippen LogP contribution in [0.4, 0.5) is 0 Å². The van der Waals surface area contributed by atoms with Crippen molar-refractivity contribution in [3.63, 3.8) is 0 Å². The van der Waals surface area contributed by atoms with Crippen molar-refractivity contribution in [2.75, 3.05) is 6.26 Å². The van der Waals surface area contributed by atoms with Crippen molar-refractivity contribution in [2.45, 2.75) is 31.3 Å². The Balaban J connectivity index is 2.53. The average molecular weight is 292 g/mol. The molecule has 0 spiro atoms. The Morgan fingerprint density at radius 2 is 1.90 bits per heavy atom. The van der Waals surface area contributed by atoms with Crippen LogP contribution in [0.15, 0.2) is 23.6 Å². The largest absolute Gasteiger partial charge is 0.477 e. The van der Waals surface area contributed by atoms with Crippen LogP contribution in [-0.2, 0) is 5.41 Å². The second-order valence-corrected chi connectivity index (χ2v) is 6.08. The predicted molar refractivity (Wildman–Crippen MR) is 76.6 cm³/mol. The number of hydrogen-bond acceptors (Lipinski definition) is 5. The number of carboxylic acids is 1. The van der Waals surface area contributed by atoms with Crippen molar-refractivity contribution in [2.24, 2.45) is 0 Å². The minimum Gasteiger partial charge on any atom is -0.477 e. The van der Waals surface area contributed by atoms with Gasteiger partial charge in [0.2, 0.25) is 0 Å². The zero-order chi connectivity index (χ0) is 14.9. The number of nitrogens with zero attached hydrogens (tertiary/aromatic N) is 4. The van der Waals surface area contributed by atoms with Crippen LogP contribution in [0.1, 0.15) is 37.0 Å². The molecule has 2 rings (SSSR count). The molecule has 2 aromatic heterocycles. The van der Waals surface area contributed by atoms with Gasteiger partial charge in [-0.3, -0.25) is 0 Å². The van der Waals surface area contributed by atoms with Crippen LogP contribution in [0.3, 0.4) is 0 Å². The highest BCUT2D eigenvalue weighted by Gasteiger charge is 2.23. The van der Waals surface area contributed by atoms with E-state index in [-0.39, 0.29) is 11.1 Å². The summed E-state index contributed by atoms with van der Waals surface area (Å²) in [5, 5.41) is 14.3. The summed E-state index contributed by atoms with van der Waals surface area (Å²) in [6.07, 6.45) is 5.03. The minimum atomic E-state index is -1.03. The third-order valence-electron chi connectivity index (χ3n) is 2.74. The first kappa shape index (κ1) is 14.5. The topological polar surface area (TPSA) is 80.9 Å². The van der Waals surface area contributed by atoms with Crippen molar-refractivity contribution < 1.29 is 9.90 Å². The molecule has 1 N–H and O–H groups in total. The zero-order valence-corrected chi connectivity index (χ0v) is 12.6. The lowest BCUT2D eigenvalue weighted by atomic mass is 9.92. The Labute approximate surface area is 121 Å². The molecule has 0 amide bonds. The highest BCUT2D eigenvalue weighted by molar-refractivity contribution is 7.98. The smallest absolute Gasteiger partial charge is 0.354 e. The number of carboxylic acid groups (broad SMARTS) is 1. The Bertz CT molecular complexity index is 629. The Morgan fingerprint density at radius 1 is 1.30 bits per heavy atom. The van der Waals surface area contributed by atoms with Gasteiger partial charge in [-0.1, -0.05) is 32.5 Å². The fourth-order valence-electron chi connectivity index (χ4n) is 1.62. The number of thioether (sulfide) groups is 1. The van der Waals surface area contributed by atoms with E-state index >= 15 is 0 Å². The molecule has 2 aromatic rings. The van der Waals surface area contributed by atoms with Gasteiger partial charge in [0, 0.05) is 5.41 Å². The van der Waals surface area contributed by atoms with Crippen LogP contribution in [0.2, 0.25) is 0 Å². The molecule has 2 heterocycles. The van der Waals surface area contributed by atoms with Gasteiger partial charge in [-0.05, 0) is 12.3 Å². The summed E-state index contributed by atoms with van der Waals surface area (Å²) < 4.78 is 1.37. The van der Waals surface area contributed by atoms with Gasteiger partial charge in [0.15, 0.2) is 10.9 Å². The number of carbonyl (C=O) groups is 1. The standard InChI is InChI=1S/C13H16N4O2S/c1-13(2,3)10-5-9(11(18)19)17(16-10)8-6-14-12(20-4)15-7-8/h5-7H,1-4H3,(H,18,19). The molecule has 0 aliphatic carbocycles. The first-order valence-electron chi connectivity index (χ1n) is 6.03. The molecule has 0 saturated heterocycles. The molecule has 0 aliphatic heterocycles. The maximum atomic E-state index is 11.4. The maximum Gasteiger partial charge on any atom is 0.354 e. The molecule has 0 bridgehead atoms. The van der Waals surface area contributed by atoms with Gasteiger partial charge < -0.3 is 5.11 Å². The van der Waals surface area contributed by atoms with Crippen molar-refractivity contribution in [3.05, 3.63) is 29.8 Å². The van der Waals surface area contributed by atoms with Crippen LogP contribution in [0.25, 0.3) is 5.69 Å². The molecule has 20 heavy (non-hydrogen) atoms. The molecule has 0 radical (unpaired) electrons. The summed E-state index contributed by atoms with van der Waals surface area (Å²) in [7, 11) is 0. The number of rotatable bonds is 3. The summed E-state index contributed by atoms with van der Waals surface area (Å²) in [6, 6.07) is 1.59. The summed E-state index contributed by atoms with van der Waals surface area (Å²) in [5.41, 5.74) is 1.13. The van der Waals surface area contributed by atoms with Gasteiger partial charge in [-0.2, -0.15) is 5.10 Å². The van der Waals surface area contributed by atoms with E-state index in [9.17, 15) is 9.90 Å². The highest BCUT2D eigenvalue weighted by atomic mass is 32.2. The normalized spacial score (nSPS) is 11.6. The third kappa shape index (κ3) is 2.82. The number of hydrogen-bond donors (Lipinski definition) is 1. The molecule has 0 aliphatic rings. The van der Waals surface area contributed by atoms with E-state index in [0.717, 1.165) is 0 Å². The fourth-order valence-corrected chi connectivity index (χ4v) is 1.94. The second kappa shape index (κ2) is 5.24. The van der Waals surface area contributed by atoms with Crippen molar-refractivity contribution in [1.29, 1.82) is 0 Å². The van der Waals surface area contributed by atoms with E-state index in [1.54, 1.807) is 18.5 Å². The second-order valence-electron chi connectivity index (χ2n) is 5.31. The van der Waals surface area contributed by atoms with Crippen LogP contribution in [-0.4, -0.2) is 37.1 Å². The SMILES string of the molecule is CSc1ncc(-n2nc(C(C)(C)C)cc2C(=O)O)cn1. The van der Waals surface area contributed by atoms with Gasteiger partial charge >= 0.3 is 5.97 Å². The van der Waals surface area contributed by atoms with Crippen molar-refractivity contribution in [1.82, 2.24) is 19.7 Å². The molecule has 0 unspecified atom stereocenters. The first-order chi connectivity index (χ1) is 9.32. The number of aromatic carboxylic acids is 1. The van der Waals surface area contributed by atoms with E-state index in [1.165, 1.54) is 16.4 Å². The quantitative estimate of drug-likeness (QED) is 0.691. The monoisotopic (exact) mass is 292 g/mol. The third-order valence-corrected chi connectivity index (χ3v) is 3.31. The molecule has 6 nitrogen and oxygen atoms in total. The predicted octanol–water partition coefficient (Wildman–Crippen LogP) is 2.38. The van der Waals surface area contributed by atoms with E-state index < -0.39 is 5.97 Å². The lowest BCUT2D eigenvalue weighted by Crippen LogP contribution is -2.13. The van der Waals surface area contributed by atoms with Gasteiger partial charge in [-0.15, -0.1) is 0 Å². The maximum absolute atomic E-state index is 11.4. The van der Waals surface area contributed by atoms with E-state index in [0.29, 0.717) is 16.5 Å². The molecular formula is C13H16N4O2S. The van der Waals surface area contributed by atoms with Crippen molar-refractivity contribution in [3.8, 4) is 5.69 Å². The van der Waals surface area contributed by atoms with Crippen molar-refractivity contribution >= 4 is 17.7 Å². The van der Waals surface area contributed by atoms with Crippen LogP contribution >= 0.6 is 11.8 Å². The van der Waals surface area contributed by atoms with Gasteiger partial charge in [0.1, 0.15) is 5.69 Å². The summed E-state index contributed by atoms with van der Waals surface area (Å²) >= 11 is 1.42. The Kier molecular flexibility index (Phi) is 3.80. The van der Waals surface area contributed by atoms with E-state index in [2.05, 4.69) is 15.1 Å². The molecular weight excluding hydrogens is 276 g/mol. The van der Waals surface area contributed by atoms with E-state index in [4.69, 9.17) is 0 Å². The highest BCUT2D eigenvalue weighted by Crippen LogP contribution is 2.23. The van der Waals surface area contributed by atoms with Crippen LogP contribution < -0.4 is 0 Å². The van der Waals surface area contributed by atoms with Gasteiger partial charge in [0.05, 0.1) is 18.1 Å². The zero-order valence-electron chi connectivity index (χ0n) is 11.8. The lowest BCUT2D eigenvalue weighted by Gasteiger charge is -2.14. The fraction of sp³-hybridized carbons (Fsp3) is 0.385. The first-order valence-corrected chi connectivity index (χ1v) is 7.25. The number of aromatic nitrogens is 4. The molecule has 0 fully saturated rings. The molecule has 106 valence electrons. The lowest BCUT2D eigenvalue weighted by molar-refractivity contribution is 0.0687. The minimum absolute atomic E-state index is 0.107. The molecule has 0 atom stereocenters. The molecule has 7 heteroatoms. The summed E-state index contributed by atoms with van der Waals surface area (Å²) in [5.74, 6) is -1.03. The van der Waals surface area contributed by atoms with Gasteiger partial charge in [0.25, 0.3) is 0 Å². The molecule has 0 aromatic carbocycles. The average Bonchev–Trinajstić information content (AvgIpc) is 2.84. The molecule has 0 saturated carbocycles. The van der Waals surface area contributed by atoms with Crippen LogP contribution in [0, 0.1) is 0 Å². The van der Waals surface area contributed by atoms with Crippen LogP contribution in [0.5, 0.6) is 0 Å². The van der Waals surface area contributed by atoms with Gasteiger partial charge in [-0.25, -0.2) is 19.4 Å².